The van der Waals surface area contributed by atoms with Crippen molar-refractivity contribution in [2.45, 2.75) is 25.1 Å². The maximum atomic E-state index is 12.8. The molecule has 1 nitrogen and oxygen atoms in total. The molecule has 0 saturated heterocycles. The Hall–Kier alpha value is -0.740. The van der Waals surface area contributed by atoms with Crippen molar-refractivity contribution < 1.29 is 13.2 Å². The molecule has 88 valence electrons. The normalized spacial score (nSPS) is 18.6. The van der Waals surface area contributed by atoms with E-state index in [4.69, 9.17) is 17.3 Å². The summed E-state index contributed by atoms with van der Waals surface area (Å²) in [5.74, 6) is 0.140. The zero-order valence-electron chi connectivity index (χ0n) is 8.39. The molecule has 1 fully saturated rings. The van der Waals surface area contributed by atoms with Gasteiger partial charge in [0.05, 0.1) is 5.56 Å². The zero-order valence-corrected chi connectivity index (χ0v) is 9.15. The van der Waals surface area contributed by atoms with Crippen LogP contribution in [0.15, 0.2) is 18.2 Å². The molecule has 1 aliphatic rings. The minimum absolute atomic E-state index is 0.0409. The van der Waals surface area contributed by atoms with Gasteiger partial charge < -0.3 is 5.73 Å². The fourth-order valence-electron chi connectivity index (χ4n) is 1.81. The molecular formula is C11H11ClF3N. The van der Waals surface area contributed by atoms with E-state index in [1.165, 1.54) is 12.1 Å². The molecule has 0 bridgehead atoms. The van der Waals surface area contributed by atoms with E-state index in [0.29, 0.717) is 0 Å². The number of benzene rings is 1. The number of hydrogen-bond acceptors (Lipinski definition) is 1. The molecular weight excluding hydrogens is 239 g/mol. The molecule has 0 radical (unpaired) electrons. The lowest BCUT2D eigenvalue weighted by Gasteiger charge is -2.19. The van der Waals surface area contributed by atoms with Crippen LogP contribution in [-0.4, -0.2) is 0 Å². The second kappa shape index (κ2) is 3.93. The van der Waals surface area contributed by atoms with E-state index >= 15 is 0 Å². The van der Waals surface area contributed by atoms with Crippen LogP contribution >= 0.6 is 11.6 Å². The van der Waals surface area contributed by atoms with Gasteiger partial charge in [0.25, 0.3) is 0 Å². The van der Waals surface area contributed by atoms with Gasteiger partial charge in [0.2, 0.25) is 0 Å². The summed E-state index contributed by atoms with van der Waals surface area (Å²) in [7, 11) is 0. The number of hydrogen-bond donors (Lipinski definition) is 1. The first-order valence-corrected chi connectivity index (χ1v) is 5.40. The molecule has 0 spiro atoms. The molecule has 5 heteroatoms. The summed E-state index contributed by atoms with van der Waals surface area (Å²) in [6.07, 6.45) is -2.64. The van der Waals surface area contributed by atoms with Gasteiger partial charge in [-0.3, -0.25) is 0 Å². The van der Waals surface area contributed by atoms with Gasteiger partial charge >= 0.3 is 6.18 Å². The molecule has 2 rings (SSSR count). The van der Waals surface area contributed by atoms with Crippen molar-refractivity contribution in [1.29, 1.82) is 0 Å². The number of alkyl halides is 3. The van der Waals surface area contributed by atoms with E-state index in [1.807, 2.05) is 0 Å². The smallest absolute Gasteiger partial charge is 0.324 e. The second-order valence-corrected chi connectivity index (χ2v) is 4.47. The fraction of sp³-hybridized carbons (Fsp3) is 0.455. The molecule has 0 unspecified atom stereocenters. The summed E-state index contributed by atoms with van der Waals surface area (Å²) in [4.78, 5) is 0. The first-order valence-electron chi connectivity index (χ1n) is 5.02. The Morgan fingerprint density at radius 1 is 1.31 bits per heavy atom. The summed E-state index contributed by atoms with van der Waals surface area (Å²) < 4.78 is 38.3. The zero-order chi connectivity index (χ0) is 11.9. The molecule has 1 aromatic rings. The van der Waals surface area contributed by atoms with E-state index in [9.17, 15) is 13.2 Å². The van der Waals surface area contributed by atoms with Gasteiger partial charge in [-0.2, -0.15) is 13.2 Å². The SMILES string of the molecule is N[C@@H](c1c(Cl)cccc1C(F)(F)F)C1CC1. The van der Waals surface area contributed by atoms with Gasteiger partial charge in [-0.1, -0.05) is 17.7 Å². The lowest BCUT2D eigenvalue weighted by atomic mass is 9.97. The summed E-state index contributed by atoms with van der Waals surface area (Å²) in [6.45, 7) is 0. The first-order chi connectivity index (χ1) is 7.41. The predicted molar refractivity (Wildman–Crippen MR) is 56.1 cm³/mol. The van der Waals surface area contributed by atoms with Gasteiger partial charge in [0.15, 0.2) is 0 Å². The number of halogens is 4. The van der Waals surface area contributed by atoms with Gasteiger partial charge in [0, 0.05) is 11.1 Å². The maximum Gasteiger partial charge on any atom is 0.416 e. The van der Waals surface area contributed by atoms with Crippen molar-refractivity contribution >= 4 is 11.6 Å². The average Bonchev–Trinajstić information content (AvgIpc) is 2.98. The molecule has 0 aliphatic heterocycles. The highest BCUT2D eigenvalue weighted by atomic mass is 35.5. The summed E-state index contributed by atoms with van der Waals surface area (Å²) in [5.41, 5.74) is 5.15. The standard InChI is InChI=1S/C11H11ClF3N/c12-8-3-1-2-7(11(13,14)15)9(8)10(16)6-4-5-6/h1-3,6,10H,4-5,16H2/t10-/m1/s1. The number of nitrogens with two attached hydrogens (primary N) is 1. The van der Waals surface area contributed by atoms with E-state index < -0.39 is 17.8 Å². The molecule has 0 heterocycles. The van der Waals surface area contributed by atoms with Crippen molar-refractivity contribution in [3.8, 4) is 0 Å². The Morgan fingerprint density at radius 2 is 1.94 bits per heavy atom. The quantitative estimate of drug-likeness (QED) is 0.848. The third-order valence-electron chi connectivity index (χ3n) is 2.82. The number of rotatable bonds is 2. The second-order valence-electron chi connectivity index (χ2n) is 4.06. The van der Waals surface area contributed by atoms with Gasteiger partial charge in [-0.05, 0) is 36.5 Å². The van der Waals surface area contributed by atoms with Crippen LogP contribution in [0.5, 0.6) is 0 Å². The predicted octanol–water partition coefficient (Wildman–Crippen LogP) is 3.77. The topological polar surface area (TPSA) is 26.0 Å². The third-order valence-corrected chi connectivity index (χ3v) is 3.15. The van der Waals surface area contributed by atoms with E-state index in [2.05, 4.69) is 0 Å². The maximum absolute atomic E-state index is 12.8. The van der Waals surface area contributed by atoms with E-state index in [-0.39, 0.29) is 16.5 Å². The minimum atomic E-state index is -4.40. The Bertz CT molecular complexity index is 399. The highest BCUT2D eigenvalue weighted by Crippen LogP contribution is 2.45. The van der Waals surface area contributed by atoms with Gasteiger partial charge in [0.1, 0.15) is 0 Å². The third kappa shape index (κ3) is 2.18. The molecule has 1 aromatic carbocycles. The van der Waals surface area contributed by atoms with Crippen molar-refractivity contribution in [2.24, 2.45) is 11.7 Å². The van der Waals surface area contributed by atoms with Crippen LogP contribution in [0.2, 0.25) is 5.02 Å². The Morgan fingerprint density at radius 3 is 2.44 bits per heavy atom. The van der Waals surface area contributed by atoms with Crippen molar-refractivity contribution in [1.82, 2.24) is 0 Å². The van der Waals surface area contributed by atoms with Crippen LogP contribution in [0, 0.1) is 5.92 Å². The highest BCUT2D eigenvalue weighted by molar-refractivity contribution is 6.31. The fourth-order valence-corrected chi connectivity index (χ4v) is 2.11. The molecule has 1 atom stereocenters. The molecule has 0 amide bonds. The lowest BCUT2D eigenvalue weighted by Crippen LogP contribution is -2.19. The van der Waals surface area contributed by atoms with Gasteiger partial charge in [-0.25, -0.2) is 0 Å². The first kappa shape index (κ1) is 11.7. The Kier molecular flexibility index (Phi) is 2.88. The van der Waals surface area contributed by atoms with Crippen molar-refractivity contribution in [2.75, 3.05) is 0 Å². The van der Waals surface area contributed by atoms with Crippen LogP contribution < -0.4 is 5.73 Å². The Balaban J connectivity index is 2.48. The molecule has 16 heavy (non-hydrogen) atoms. The van der Waals surface area contributed by atoms with Crippen LogP contribution in [0.25, 0.3) is 0 Å². The van der Waals surface area contributed by atoms with Crippen molar-refractivity contribution in [3.05, 3.63) is 34.3 Å². The van der Waals surface area contributed by atoms with Crippen LogP contribution in [-0.2, 0) is 6.18 Å². The molecule has 1 saturated carbocycles. The Labute approximate surface area is 96.4 Å². The molecule has 0 aromatic heterocycles. The largest absolute Gasteiger partial charge is 0.416 e. The average molecular weight is 250 g/mol. The minimum Gasteiger partial charge on any atom is -0.324 e. The monoisotopic (exact) mass is 249 g/mol. The van der Waals surface area contributed by atoms with E-state index in [0.717, 1.165) is 18.9 Å². The van der Waals surface area contributed by atoms with Crippen LogP contribution in [0.1, 0.15) is 30.0 Å². The van der Waals surface area contributed by atoms with E-state index in [1.54, 1.807) is 0 Å². The summed E-state index contributed by atoms with van der Waals surface area (Å²) in [5, 5.41) is 0.106. The summed E-state index contributed by atoms with van der Waals surface area (Å²) >= 11 is 5.82. The highest BCUT2D eigenvalue weighted by Gasteiger charge is 2.39. The van der Waals surface area contributed by atoms with Crippen LogP contribution in [0.3, 0.4) is 0 Å². The molecule has 2 N–H and O–H groups in total. The summed E-state index contributed by atoms with van der Waals surface area (Å²) in [6, 6.07) is 3.18. The van der Waals surface area contributed by atoms with Crippen molar-refractivity contribution in [3.63, 3.8) is 0 Å². The molecule has 1 aliphatic carbocycles. The van der Waals surface area contributed by atoms with Crippen LogP contribution in [0.4, 0.5) is 13.2 Å². The lowest BCUT2D eigenvalue weighted by molar-refractivity contribution is -0.138. The van der Waals surface area contributed by atoms with Gasteiger partial charge in [-0.15, -0.1) is 0 Å².